The summed E-state index contributed by atoms with van der Waals surface area (Å²) in [5, 5.41) is 6.81. The largest absolute Gasteiger partial charge is 0.452 e. The molecule has 3 aromatic heterocycles. The lowest BCUT2D eigenvalue weighted by Gasteiger charge is -2.15. The second-order valence-electron chi connectivity index (χ2n) is 5.87. The standard InChI is InChI=1S/C17H17ClN6O3/c1-9-12(10(2)24-17(22-9)20-8-21-24)7-14(25)27-11(3)16(26)23-13-5-4-6-19-15(13)18/h4-6,8,11H,7H2,1-3H3,(H,23,26)/t11-/m1/s1. The second-order valence-corrected chi connectivity index (χ2v) is 6.23. The Labute approximate surface area is 159 Å². The van der Waals surface area contributed by atoms with E-state index < -0.39 is 18.0 Å². The number of fused-ring (bicyclic) bond motifs is 1. The van der Waals surface area contributed by atoms with E-state index in [4.69, 9.17) is 16.3 Å². The molecule has 0 aliphatic heterocycles. The predicted molar refractivity (Wildman–Crippen MR) is 97.4 cm³/mol. The van der Waals surface area contributed by atoms with Crippen LogP contribution in [0.15, 0.2) is 24.7 Å². The van der Waals surface area contributed by atoms with E-state index in [2.05, 4.69) is 25.4 Å². The molecule has 3 aromatic rings. The number of rotatable bonds is 5. The average molecular weight is 389 g/mol. The fourth-order valence-corrected chi connectivity index (χ4v) is 2.73. The van der Waals surface area contributed by atoms with Crippen LogP contribution >= 0.6 is 11.6 Å². The minimum absolute atomic E-state index is 0.0360. The summed E-state index contributed by atoms with van der Waals surface area (Å²) in [6.45, 7) is 5.08. The van der Waals surface area contributed by atoms with E-state index in [0.29, 0.717) is 22.7 Å². The van der Waals surface area contributed by atoms with Crippen molar-refractivity contribution in [2.24, 2.45) is 0 Å². The van der Waals surface area contributed by atoms with E-state index in [0.717, 1.165) is 5.69 Å². The van der Waals surface area contributed by atoms with Gasteiger partial charge >= 0.3 is 5.97 Å². The fourth-order valence-electron chi connectivity index (χ4n) is 2.56. The summed E-state index contributed by atoms with van der Waals surface area (Å²) >= 11 is 5.91. The maximum Gasteiger partial charge on any atom is 0.311 e. The summed E-state index contributed by atoms with van der Waals surface area (Å²) in [6, 6.07) is 3.24. The molecule has 1 atom stereocenters. The molecule has 1 N–H and O–H groups in total. The van der Waals surface area contributed by atoms with Gasteiger partial charge in [-0.2, -0.15) is 10.1 Å². The summed E-state index contributed by atoms with van der Waals surface area (Å²) in [5.74, 6) is -0.595. The maximum atomic E-state index is 12.3. The van der Waals surface area contributed by atoms with Gasteiger partial charge in [0.1, 0.15) is 6.33 Å². The summed E-state index contributed by atoms with van der Waals surface area (Å²) in [7, 11) is 0. The highest BCUT2D eigenvalue weighted by Crippen LogP contribution is 2.18. The number of anilines is 1. The Bertz CT molecular complexity index is 1020. The van der Waals surface area contributed by atoms with Crippen LogP contribution in [0.1, 0.15) is 23.9 Å². The number of esters is 1. The Hall–Kier alpha value is -3.07. The Morgan fingerprint density at radius 1 is 1.33 bits per heavy atom. The molecule has 3 rings (SSSR count). The molecule has 0 radical (unpaired) electrons. The third-order valence-corrected chi connectivity index (χ3v) is 4.31. The first-order chi connectivity index (χ1) is 12.9. The number of aromatic nitrogens is 5. The van der Waals surface area contributed by atoms with Crippen LogP contribution in [0.25, 0.3) is 5.78 Å². The van der Waals surface area contributed by atoms with Crippen molar-refractivity contribution in [1.29, 1.82) is 0 Å². The number of hydrogen-bond donors (Lipinski definition) is 1. The Balaban J connectivity index is 1.67. The Morgan fingerprint density at radius 3 is 2.85 bits per heavy atom. The molecule has 10 heteroatoms. The molecular weight excluding hydrogens is 372 g/mol. The zero-order valence-corrected chi connectivity index (χ0v) is 15.7. The van der Waals surface area contributed by atoms with Gasteiger partial charge in [0.25, 0.3) is 11.7 Å². The van der Waals surface area contributed by atoms with Crippen molar-refractivity contribution in [3.63, 3.8) is 0 Å². The highest BCUT2D eigenvalue weighted by molar-refractivity contribution is 6.32. The molecule has 0 fully saturated rings. The van der Waals surface area contributed by atoms with Gasteiger partial charge in [-0.3, -0.25) is 9.59 Å². The fraction of sp³-hybridized carbons (Fsp3) is 0.294. The number of halogens is 1. The van der Waals surface area contributed by atoms with Crippen molar-refractivity contribution < 1.29 is 14.3 Å². The number of nitrogens with one attached hydrogen (secondary N) is 1. The van der Waals surface area contributed by atoms with Gasteiger partial charge in [0, 0.05) is 23.1 Å². The van der Waals surface area contributed by atoms with E-state index >= 15 is 0 Å². The first-order valence-corrected chi connectivity index (χ1v) is 8.51. The maximum absolute atomic E-state index is 12.3. The number of ether oxygens (including phenoxy) is 1. The molecule has 0 unspecified atom stereocenters. The van der Waals surface area contributed by atoms with Gasteiger partial charge in [-0.25, -0.2) is 14.5 Å². The van der Waals surface area contributed by atoms with Crippen molar-refractivity contribution in [3.05, 3.63) is 46.8 Å². The molecular formula is C17H17ClN6O3. The molecule has 0 aliphatic rings. The van der Waals surface area contributed by atoms with Crippen LogP contribution in [-0.2, 0) is 20.7 Å². The van der Waals surface area contributed by atoms with Gasteiger partial charge < -0.3 is 10.1 Å². The lowest BCUT2D eigenvalue weighted by atomic mass is 10.1. The lowest BCUT2D eigenvalue weighted by molar-refractivity contribution is -0.152. The van der Waals surface area contributed by atoms with Crippen molar-refractivity contribution in [2.45, 2.75) is 33.3 Å². The van der Waals surface area contributed by atoms with Gasteiger partial charge in [0.05, 0.1) is 12.1 Å². The van der Waals surface area contributed by atoms with Crippen molar-refractivity contribution in [2.75, 3.05) is 5.32 Å². The number of carbonyl (C=O) groups is 2. The van der Waals surface area contributed by atoms with E-state index in [1.165, 1.54) is 19.4 Å². The zero-order valence-electron chi connectivity index (χ0n) is 14.9. The van der Waals surface area contributed by atoms with Gasteiger partial charge in [0.15, 0.2) is 11.3 Å². The lowest BCUT2D eigenvalue weighted by Crippen LogP contribution is -2.31. The van der Waals surface area contributed by atoms with Crippen molar-refractivity contribution >= 4 is 34.9 Å². The third kappa shape index (κ3) is 4.03. The quantitative estimate of drug-likeness (QED) is 0.524. The first-order valence-electron chi connectivity index (χ1n) is 8.13. The van der Waals surface area contributed by atoms with Crippen molar-refractivity contribution in [3.8, 4) is 0 Å². The molecule has 0 saturated heterocycles. The summed E-state index contributed by atoms with van der Waals surface area (Å²) in [5.41, 5.74) is 2.43. The minimum Gasteiger partial charge on any atom is -0.452 e. The number of nitrogens with zero attached hydrogens (tertiary/aromatic N) is 5. The number of pyridine rings is 1. The molecule has 3 heterocycles. The number of hydrogen-bond acceptors (Lipinski definition) is 7. The van der Waals surface area contributed by atoms with Gasteiger partial charge in [0.2, 0.25) is 0 Å². The van der Waals surface area contributed by atoms with Crippen LogP contribution < -0.4 is 5.32 Å². The van der Waals surface area contributed by atoms with Crippen LogP contribution in [0.2, 0.25) is 5.15 Å². The van der Waals surface area contributed by atoms with Crippen LogP contribution in [0.5, 0.6) is 0 Å². The highest BCUT2D eigenvalue weighted by Gasteiger charge is 2.21. The summed E-state index contributed by atoms with van der Waals surface area (Å²) in [6.07, 6.45) is 1.86. The minimum atomic E-state index is -1.00. The normalized spacial score (nSPS) is 12.0. The SMILES string of the molecule is Cc1nc2ncnn2c(C)c1CC(=O)O[C@H](C)C(=O)Nc1cccnc1Cl. The van der Waals surface area contributed by atoms with Gasteiger partial charge in [-0.05, 0) is 32.9 Å². The molecule has 140 valence electrons. The molecule has 0 bridgehead atoms. The van der Waals surface area contributed by atoms with E-state index in [1.807, 2.05) is 6.92 Å². The molecule has 0 aromatic carbocycles. The average Bonchev–Trinajstić information content (AvgIpc) is 3.09. The van der Waals surface area contributed by atoms with E-state index in [1.54, 1.807) is 23.6 Å². The molecule has 0 saturated carbocycles. The predicted octanol–water partition coefficient (Wildman–Crippen LogP) is 1.90. The molecule has 1 amide bonds. The van der Waals surface area contributed by atoms with Crippen LogP contribution in [-0.4, -0.2) is 42.5 Å². The smallest absolute Gasteiger partial charge is 0.311 e. The second kappa shape index (κ2) is 7.67. The number of amides is 1. The van der Waals surface area contributed by atoms with E-state index in [-0.39, 0.29) is 11.6 Å². The van der Waals surface area contributed by atoms with E-state index in [9.17, 15) is 9.59 Å². The monoisotopic (exact) mass is 388 g/mol. The van der Waals surface area contributed by atoms with Gasteiger partial charge in [-0.1, -0.05) is 11.6 Å². The number of carbonyl (C=O) groups excluding carboxylic acids is 2. The molecule has 0 aliphatic carbocycles. The van der Waals surface area contributed by atoms with Crippen LogP contribution in [0.4, 0.5) is 5.69 Å². The molecule has 9 nitrogen and oxygen atoms in total. The highest BCUT2D eigenvalue weighted by atomic mass is 35.5. The van der Waals surface area contributed by atoms with Crippen LogP contribution in [0, 0.1) is 13.8 Å². The van der Waals surface area contributed by atoms with Crippen molar-refractivity contribution in [1.82, 2.24) is 24.6 Å². The third-order valence-electron chi connectivity index (χ3n) is 4.00. The molecule has 0 spiro atoms. The van der Waals surface area contributed by atoms with Gasteiger partial charge in [-0.15, -0.1) is 0 Å². The Kier molecular flexibility index (Phi) is 5.31. The first kappa shape index (κ1) is 18.7. The molecule has 27 heavy (non-hydrogen) atoms. The summed E-state index contributed by atoms with van der Waals surface area (Å²) in [4.78, 5) is 36.7. The Morgan fingerprint density at radius 2 is 2.11 bits per heavy atom. The van der Waals surface area contributed by atoms with Crippen LogP contribution in [0.3, 0.4) is 0 Å². The zero-order chi connectivity index (χ0) is 19.6. The summed E-state index contributed by atoms with van der Waals surface area (Å²) < 4.78 is 6.80. The topological polar surface area (TPSA) is 111 Å². The number of aryl methyl sites for hydroxylation is 2.